The molecule has 0 amide bonds. The summed E-state index contributed by atoms with van der Waals surface area (Å²) in [5.41, 5.74) is 4.90. The van der Waals surface area contributed by atoms with E-state index in [0.717, 1.165) is 30.2 Å². The van der Waals surface area contributed by atoms with Crippen LogP contribution in [-0.4, -0.2) is 20.5 Å². The number of pyridine rings is 1. The standard InChI is InChI=1S/C22H23N3O/c1-15-3-5-18(6-4-15)22(19-9-7-17(8-10-19)16(2)26)25-21-11-12-23-13-20(21)14-24-25/h3-6,9,11-14,17,22H,7-8,10H2,1-2H3. The number of benzene rings is 1. The van der Waals surface area contributed by atoms with E-state index in [-0.39, 0.29) is 12.0 Å². The van der Waals surface area contributed by atoms with Crippen molar-refractivity contribution in [2.24, 2.45) is 5.92 Å². The van der Waals surface area contributed by atoms with Gasteiger partial charge in [-0.25, -0.2) is 0 Å². The van der Waals surface area contributed by atoms with Crippen molar-refractivity contribution in [2.75, 3.05) is 0 Å². The van der Waals surface area contributed by atoms with Gasteiger partial charge in [-0.1, -0.05) is 35.9 Å². The Bertz CT molecular complexity index is 968. The number of aryl methyl sites for hydroxylation is 1. The second-order valence-corrected chi connectivity index (χ2v) is 7.20. The van der Waals surface area contributed by atoms with Crippen LogP contribution in [0.2, 0.25) is 0 Å². The quantitative estimate of drug-likeness (QED) is 0.647. The van der Waals surface area contributed by atoms with E-state index in [1.807, 2.05) is 24.7 Å². The molecule has 132 valence electrons. The van der Waals surface area contributed by atoms with Crippen molar-refractivity contribution >= 4 is 16.7 Å². The molecule has 2 aromatic heterocycles. The second-order valence-electron chi connectivity index (χ2n) is 7.20. The zero-order valence-corrected chi connectivity index (χ0v) is 15.2. The molecule has 0 saturated heterocycles. The maximum atomic E-state index is 11.7. The van der Waals surface area contributed by atoms with Crippen LogP contribution >= 0.6 is 0 Å². The summed E-state index contributed by atoms with van der Waals surface area (Å²) in [5.74, 6) is 0.457. The zero-order valence-electron chi connectivity index (χ0n) is 15.2. The molecular weight excluding hydrogens is 322 g/mol. The Morgan fingerprint density at radius 1 is 1.19 bits per heavy atom. The molecule has 1 aliphatic carbocycles. The number of carbonyl (C=O) groups excluding carboxylic acids is 1. The van der Waals surface area contributed by atoms with Crippen LogP contribution in [0.25, 0.3) is 10.9 Å². The lowest BCUT2D eigenvalue weighted by Gasteiger charge is -2.27. The van der Waals surface area contributed by atoms with E-state index >= 15 is 0 Å². The number of aromatic nitrogens is 3. The minimum atomic E-state index is 0.0587. The van der Waals surface area contributed by atoms with Crippen molar-refractivity contribution in [1.29, 1.82) is 0 Å². The monoisotopic (exact) mass is 345 g/mol. The first-order valence-corrected chi connectivity index (χ1v) is 9.16. The maximum absolute atomic E-state index is 11.7. The third-order valence-electron chi connectivity index (χ3n) is 5.41. The van der Waals surface area contributed by atoms with Crippen LogP contribution in [-0.2, 0) is 4.79 Å². The molecule has 0 radical (unpaired) electrons. The SMILES string of the molecule is CC(=O)C1CC=C(C(c2ccc(C)cc2)n2ncc3cnccc32)CC1. The minimum absolute atomic E-state index is 0.0587. The van der Waals surface area contributed by atoms with Crippen LogP contribution in [0, 0.1) is 12.8 Å². The van der Waals surface area contributed by atoms with Gasteiger partial charge in [-0.3, -0.25) is 14.5 Å². The smallest absolute Gasteiger partial charge is 0.133 e. The Kier molecular flexibility index (Phi) is 4.41. The van der Waals surface area contributed by atoms with Crippen LogP contribution in [0.4, 0.5) is 0 Å². The Labute approximate surface area is 153 Å². The summed E-state index contributed by atoms with van der Waals surface area (Å²) in [6, 6.07) is 10.8. The van der Waals surface area contributed by atoms with Crippen LogP contribution < -0.4 is 0 Å². The van der Waals surface area contributed by atoms with Crippen molar-refractivity contribution < 1.29 is 4.79 Å². The molecule has 1 aromatic carbocycles. The van der Waals surface area contributed by atoms with Crippen molar-refractivity contribution in [2.45, 2.75) is 39.2 Å². The summed E-state index contributed by atoms with van der Waals surface area (Å²) >= 11 is 0. The molecule has 0 spiro atoms. The van der Waals surface area contributed by atoms with Gasteiger partial charge < -0.3 is 0 Å². The largest absolute Gasteiger partial charge is 0.300 e. The predicted molar refractivity (Wildman–Crippen MR) is 103 cm³/mol. The predicted octanol–water partition coefficient (Wildman–Crippen LogP) is 4.64. The minimum Gasteiger partial charge on any atom is -0.300 e. The topological polar surface area (TPSA) is 47.8 Å². The first kappa shape index (κ1) is 16.7. The molecule has 0 bridgehead atoms. The van der Waals surface area contributed by atoms with E-state index in [1.165, 1.54) is 16.7 Å². The van der Waals surface area contributed by atoms with Crippen LogP contribution in [0.5, 0.6) is 0 Å². The van der Waals surface area contributed by atoms with Crippen molar-refractivity contribution in [3.05, 3.63) is 71.7 Å². The Balaban J connectivity index is 1.80. The normalized spacial score (nSPS) is 18.5. The van der Waals surface area contributed by atoms with Crippen LogP contribution in [0.15, 0.2) is 60.6 Å². The zero-order chi connectivity index (χ0) is 18.1. The molecule has 4 heteroatoms. The lowest BCUT2D eigenvalue weighted by Crippen LogP contribution is -2.20. The molecule has 1 aliphatic rings. The highest BCUT2D eigenvalue weighted by Gasteiger charge is 2.26. The molecule has 0 saturated carbocycles. The van der Waals surface area contributed by atoms with Gasteiger partial charge in [0.15, 0.2) is 0 Å². The average Bonchev–Trinajstić information content (AvgIpc) is 3.08. The Morgan fingerprint density at radius 2 is 2.00 bits per heavy atom. The van der Waals surface area contributed by atoms with Gasteiger partial charge in [0.1, 0.15) is 5.78 Å². The number of hydrogen-bond donors (Lipinski definition) is 0. The van der Waals surface area contributed by atoms with Crippen molar-refractivity contribution in [3.8, 4) is 0 Å². The molecule has 0 N–H and O–H groups in total. The molecular formula is C22H23N3O. The number of hydrogen-bond acceptors (Lipinski definition) is 3. The molecule has 4 rings (SSSR count). The molecule has 2 unspecified atom stereocenters. The summed E-state index contributed by atoms with van der Waals surface area (Å²) in [5, 5.41) is 5.74. The molecule has 26 heavy (non-hydrogen) atoms. The highest BCUT2D eigenvalue weighted by Crippen LogP contribution is 2.36. The average molecular weight is 345 g/mol. The summed E-state index contributed by atoms with van der Waals surface area (Å²) in [7, 11) is 0. The maximum Gasteiger partial charge on any atom is 0.133 e. The fraction of sp³-hybridized carbons (Fsp3) is 0.318. The summed E-state index contributed by atoms with van der Waals surface area (Å²) < 4.78 is 2.10. The number of allylic oxidation sites excluding steroid dienone is 2. The first-order chi connectivity index (χ1) is 12.6. The lowest BCUT2D eigenvalue weighted by atomic mass is 9.83. The van der Waals surface area contributed by atoms with Crippen LogP contribution in [0.1, 0.15) is 43.4 Å². The van der Waals surface area contributed by atoms with E-state index in [0.29, 0.717) is 5.78 Å². The van der Waals surface area contributed by atoms with Gasteiger partial charge in [0.25, 0.3) is 0 Å². The number of nitrogens with zero attached hydrogens (tertiary/aromatic N) is 3. The molecule has 2 heterocycles. The molecule has 3 aromatic rings. The Hall–Kier alpha value is -2.75. The van der Waals surface area contributed by atoms with Gasteiger partial charge in [0.2, 0.25) is 0 Å². The Morgan fingerprint density at radius 3 is 2.69 bits per heavy atom. The third kappa shape index (κ3) is 3.07. The summed E-state index contributed by atoms with van der Waals surface area (Å²) in [6.45, 7) is 3.81. The number of fused-ring (bicyclic) bond motifs is 1. The highest BCUT2D eigenvalue weighted by atomic mass is 16.1. The van der Waals surface area contributed by atoms with E-state index in [4.69, 9.17) is 5.10 Å². The third-order valence-corrected chi connectivity index (χ3v) is 5.41. The van der Waals surface area contributed by atoms with Gasteiger partial charge in [0.05, 0.1) is 17.8 Å². The van der Waals surface area contributed by atoms with Crippen LogP contribution in [0.3, 0.4) is 0 Å². The fourth-order valence-electron chi connectivity index (χ4n) is 3.83. The van der Waals surface area contributed by atoms with E-state index in [2.05, 4.69) is 46.9 Å². The number of rotatable bonds is 4. The summed E-state index contributed by atoms with van der Waals surface area (Å²) in [6.07, 6.45) is 10.5. The lowest BCUT2D eigenvalue weighted by molar-refractivity contribution is -0.120. The van der Waals surface area contributed by atoms with Crippen molar-refractivity contribution in [1.82, 2.24) is 14.8 Å². The van der Waals surface area contributed by atoms with Gasteiger partial charge in [-0.2, -0.15) is 5.10 Å². The molecule has 4 nitrogen and oxygen atoms in total. The number of ketones is 1. The van der Waals surface area contributed by atoms with Gasteiger partial charge in [-0.15, -0.1) is 0 Å². The fourth-order valence-corrected chi connectivity index (χ4v) is 3.83. The highest BCUT2D eigenvalue weighted by molar-refractivity contribution is 5.79. The van der Waals surface area contributed by atoms with Crippen molar-refractivity contribution in [3.63, 3.8) is 0 Å². The van der Waals surface area contributed by atoms with Gasteiger partial charge >= 0.3 is 0 Å². The number of carbonyl (C=O) groups is 1. The second kappa shape index (κ2) is 6.87. The molecule has 0 fully saturated rings. The molecule has 0 aliphatic heterocycles. The van der Waals surface area contributed by atoms with Gasteiger partial charge in [-0.05, 0) is 50.3 Å². The van der Waals surface area contributed by atoms with E-state index in [9.17, 15) is 4.79 Å². The van der Waals surface area contributed by atoms with E-state index in [1.54, 1.807) is 6.92 Å². The number of Topliss-reactive ketones (excluding diaryl/α,β-unsaturated/α-hetero) is 1. The molecule has 2 atom stereocenters. The van der Waals surface area contributed by atoms with E-state index < -0.39 is 0 Å². The van der Waals surface area contributed by atoms with Gasteiger partial charge in [0, 0.05) is 23.7 Å². The first-order valence-electron chi connectivity index (χ1n) is 9.16. The summed E-state index contributed by atoms with van der Waals surface area (Å²) in [4.78, 5) is 15.9.